The Labute approximate surface area is 206 Å². The lowest BCUT2D eigenvalue weighted by Gasteiger charge is -2.34. The van der Waals surface area contributed by atoms with Gasteiger partial charge in [0.15, 0.2) is 0 Å². The van der Waals surface area contributed by atoms with Gasteiger partial charge in [-0.25, -0.2) is 0 Å². The highest BCUT2D eigenvalue weighted by atomic mass is 35.5. The van der Waals surface area contributed by atoms with Gasteiger partial charge in [0.05, 0.1) is 0 Å². The van der Waals surface area contributed by atoms with E-state index in [-0.39, 0.29) is 54.3 Å². The van der Waals surface area contributed by atoms with Crippen LogP contribution < -0.4 is 22.1 Å². The lowest BCUT2D eigenvalue weighted by atomic mass is 9.81. The molecule has 10 heteroatoms. The van der Waals surface area contributed by atoms with Crippen molar-refractivity contribution >= 4 is 36.0 Å². The van der Waals surface area contributed by atoms with Gasteiger partial charge < -0.3 is 27.0 Å². The number of nitrogens with one attached hydrogen (secondary N) is 2. The van der Waals surface area contributed by atoms with E-state index < -0.39 is 35.4 Å². The molecule has 2 aliphatic carbocycles. The molecule has 4 aliphatic rings. The van der Waals surface area contributed by atoms with Crippen molar-refractivity contribution in [3.05, 3.63) is 12.2 Å². The van der Waals surface area contributed by atoms with Crippen molar-refractivity contribution in [2.75, 3.05) is 13.1 Å². The molecule has 8 atom stereocenters. The summed E-state index contributed by atoms with van der Waals surface area (Å²) in [5.41, 5.74) is 11.0. The quantitative estimate of drug-likeness (QED) is 0.281. The van der Waals surface area contributed by atoms with Gasteiger partial charge in [0.25, 0.3) is 0 Å². The Bertz CT molecular complexity index is 944. The Hall–Kier alpha value is -2.57. The number of amides is 4. The third kappa shape index (κ3) is 4.41. The normalized spacial score (nSPS) is 32.9. The molecule has 34 heavy (non-hydrogen) atoms. The highest BCUT2D eigenvalue weighted by Crippen LogP contribution is 2.54. The van der Waals surface area contributed by atoms with Crippen LogP contribution in [0.3, 0.4) is 0 Å². The summed E-state index contributed by atoms with van der Waals surface area (Å²) in [5, 5.41) is 5.49. The molecule has 0 aromatic heterocycles. The van der Waals surface area contributed by atoms with Gasteiger partial charge in [-0.2, -0.15) is 0 Å². The summed E-state index contributed by atoms with van der Waals surface area (Å²) in [6.07, 6.45) is 11.6. The van der Waals surface area contributed by atoms with E-state index in [2.05, 4.69) is 28.7 Å². The van der Waals surface area contributed by atoms with Crippen molar-refractivity contribution in [3.63, 3.8) is 0 Å². The van der Waals surface area contributed by atoms with Crippen molar-refractivity contribution in [3.8, 4) is 12.3 Å². The van der Waals surface area contributed by atoms with Gasteiger partial charge in [0.1, 0.15) is 18.1 Å². The number of terminal acetylenes is 1. The van der Waals surface area contributed by atoms with Gasteiger partial charge >= 0.3 is 0 Å². The second-order valence-electron chi connectivity index (χ2n) is 10.4. The number of carbonyl (C=O) groups excluding carboxylic acids is 4. The van der Waals surface area contributed by atoms with Gasteiger partial charge in [-0.05, 0) is 56.8 Å². The molecule has 0 spiro atoms. The van der Waals surface area contributed by atoms with Crippen LogP contribution in [0.1, 0.15) is 33.1 Å². The topological polar surface area (TPSA) is 148 Å². The number of hydrogen-bond donors (Lipinski definition) is 4. The van der Waals surface area contributed by atoms with Crippen molar-refractivity contribution in [1.82, 2.24) is 15.5 Å². The molecule has 1 saturated carbocycles. The maximum Gasteiger partial charge on any atom is 0.243 e. The fourth-order valence-corrected chi connectivity index (χ4v) is 6.01. The van der Waals surface area contributed by atoms with Crippen LogP contribution in [0, 0.1) is 47.3 Å². The summed E-state index contributed by atoms with van der Waals surface area (Å²) in [7, 11) is 0. The number of carbonyl (C=O) groups is 4. The molecule has 9 nitrogen and oxygen atoms in total. The molecule has 6 N–H and O–H groups in total. The molecule has 4 rings (SSSR count). The smallest absolute Gasteiger partial charge is 0.243 e. The summed E-state index contributed by atoms with van der Waals surface area (Å²) >= 11 is 0. The van der Waals surface area contributed by atoms with Crippen molar-refractivity contribution < 1.29 is 19.2 Å². The summed E-state index contributed by atoms with van der Waals surface area (Å²) < 4.78 is 0. The number of allylic oxidation sites excluding steroid dienone is 2. The molecular formula is C24H34ClN5O4. The minimum absolute atomic E-state index is 0. The highest BCUT2D eigenvalue weighted by Gasteiger charge is 2.58. The third-order valence-corrected chi connectivity index (χ3v) is 8.11. The number of nitrogens with two attached hydrogens (primary N) is 2. The first kappa shape index (κ1) is 26.0. The zero-order chi connectivity index (χ0) is 24.1. The van der Waals surface area contributed by atoms with Gasteiger partial charge in [-0.15, -0.1) is 18.8 Å². The van der Waals surface area contributed by atoms with Gasteiger partial charge in [-0.1, -0.05) is 18.1 Å². The van der Waals surface area contributed by atoms with E-state index in [1.165, 1.54) is 0 Å². The van der Waals surface area contributed by atoms with Crippen LogP contribution in [0.4, 0.5) is 0 Å². The minimum atomic E-state index is -0.993. The molecule has 186 valence electrons. The Balaban J connectivity index is 0.00000324. The van der Waals surface area contributed by atoms with Crippen LogP contribution in [0.25, 0.3) is 0 Å². The summed E-state index contributed by atoms with van der Waals surface area (Å²) in [4.78, 5) is 52.7. The molecule has 0 unspecified atom stereocenters. The number of likely N-dealkylation sites (tertiary alicyclic amines) is 1. The predicted molar refractivity (Wildman–Crippen MR) is 128 cm³/mol. The molecule has 0 aromatic rings. The Morgan fingerprint density at radius 2 is 2.00 bits per heavy atom. The zero-order valence-electron chi connectivity index (χ0n) is 19.5. The molecule has 2 heterocycles. The van der Waals surface area contributed by atoms with E-state index in [0.29, 0.717) is 25.4 Å². The molecule has 2 aliphatic heterocycles. The standard InChI is InChI=1S/C24H33N5O4.ClH/c1-4-24(2,3)19(25)23(33)29-11-15-12-5-6-13(9-12)17(15)18(29)22(32)28-16(20(26)30)10-14-7-8-27-21(14)31;/h1,5-6,12-19H,7-11,25H2,2-3H3,(H2,26,30)(H,27,31)(H,28,32);1H/t12-,13+,14+,15-,16+,17+,18+,19-;/m1./s1. The zero-order valence-corrected chi connectivity index (χ0v) is 20.3. The Morgan fingerprint density at radius 1 is 1.32 bits per heavy atom. The van der Waals surface area contributed by atoms with Crippen molar-refractivity contribution in [1.29, 1.82) is 0 Å². The van der Waals surface area contributed by atoms with Crippen molar-refractivity contribution in [2.45, 2.75) is 51.2 Å². The fourth-order valence-electron chi connectivity index (χ4n) is 6.01. The summed E-state index contributed by atoms with van der Waals surface area (Å²) in [6, 6.07) is -2.72. The van der Waals surface area contributed by atoms with E-state index in [1.54, 1.807) is 18.7 Å². The van der Waals surface area contributed by atoms with Crippen LogP contribution in [-0.2, 0) is 19.2 Å². The first-order valence-corrected chi connectivity index (χ1v) is 11.6. The Morgan fingerprint density at radius 3 is 2.59 bits per heavy atom. The first-order valence-electron chi connectivity index (χ1n) is 11.6. The average molecular weight is 492 g/mol. The maximum absolute atomic E-state index is 13.6. The second-order valence-corrected chi connectivity index (χ2v) is 10.4. The van der Waals surface area contributed by atoms with E-state index >= 15 is 0 Å². The largest absolute Gasteiger partial charge is 0.368 e. The molecule has 0 radical (unpaired) electrons. The summed E-state index contributed by atoms with van der Waals surface area (Å²) in [5.74, 6) is 1.18. The van der Waals surface area contributed by atoms with E-state index in [9.17, 15) is 19.2 Å². The number of halogens is 1. The number of rotatable bonds is 7. The highest BCUT2D eigenvalue weighted by molar-refractivity contribution is 5.94. The molecule has 3 fully saturated rings. The lowest BCUT2D eigenvalue weighted by Crippen LogP contribution is -2.58. The maximum atomic E-state index is 13.6. The number of hydrogen-bond acceptors (Lipinski definition) is 5. The molecule has 2 saturated heterocycles. The number of primary amides is 1. The second kappa shape index (κ2) is 9.59. The van der Waals surface area contributed by atoms with Crippen molar-refractivity contribution in [2.24, 2.45) is 46.5 Å². The Kier molecular flexibility index (Phi) is 7.34. The predicted octanol–water partition coefficient (Wildman–Crippen LogP) is -0.460. The van der Waals surface area contributed by atoms with E-state index in [4.69, 9.17) is 17.9 Å². The lowest BCUT2D eigenvalue weighted by molar-refractivity contribution is -0.142. The van der Waals surface area contributed by atoms with Gasteiger partial charge in [-0.3, -0.25) is 19.2 Å². The van der Waals surface area contributed by atoms with E-state index in [0.717, 1.165) is 6.42 Å². The number of fused-ring (bicyclic) bond motifs is 5. The monoisotopic (exact) mass is 491 g/mol. The van der Waals surface area contributed by atoms with Crippen LogP contribution in [0.5, 0.6) is 0 Å². The van der Waals surface area contributed by atoms with Gasteiger partial charge in [0, 0.05) is 24.4 Å². The molecule has 2 bridgehead atoms. The van der Waals surface area contributed by atoms with Crippen LogP contribution in [0.2, 0.25) is 0 Å². The fraction of sp³-hybridized carbons (Fsp3) is 0.667. The average Bonchev–Trinajstić information content (AvgIpc) is 3.54. The molecular weight excluding hydrogens is 458 g/mol. The van der Waals surface area contributed by atoms with Crippen LogP contribution >= 0.6 is 12.4 Å². The first-order chi connectivity index (χ1) is 15.5. The summed E-state index contributed by atoms with van der Waals surface area (Å²) in [6.45, 7) is 4.41. The third-order valence-electron chi connectivity index (χ3n) is 8.11. The van der Waals surface area contributed by atoms with Crippen LogP contribution in [-0.4, -0.2) is 59.7 Å². The van der Waals surface area contributed by atoms with Gasteiger partial charge in [0.2, 0.25) is 23.6 Å². The van der Waals surface area contributed by atoms with E-state index in [1.807, 2.05) is 0 Å². The number of nitrogens with zero attached hydrogens (tertiary/aromatic N) is 1. The SMILES string of the molecule is C#CC(C)(C)[C@H](N)C(=O)N1C[C@H]2[C@@H]([C@H]1C(=O)N[C@@H](C[C@@H]1CCNC1=O)C(N)=O)[C@H]1C=C[C@@H]2C1.Cl. The molecule has 0 aromatic carbocycles. The van der Waals surface area contributed by atoms with Crippen LogP contribution in [0.15, 0.2) is 12.2 Å². The minimum Gasteiger partial charge on any atom is -0.368 e. The molecule has 4 amide bonds.